The predicted octanol–water partition coefficient (Wildman–Crippen LogP) is 3.21. The number of fused-ring (bicyclic) bond motifs is 7. The Hall–Kier alpha value is -1.51. The summed E-state index contributed by atoms with van der Waals surface area (Å²) in [6.07, 6.45) is 5.60. The second-order valence-electron chi connectivity index (χ2n) is 6.54. The van der Waals surface area contributed by atoms with Crippen LogP contribution in [0.25, 0.3) is 0 Å². The summed E-state index contributed by atoms with van der Waals surface area (Å²) < 4.78 is 0. The van der Waals surface area contributed by atoms with Gasteiger partial charge in [0.1, 0.15) is 0 Å². The van der Waals surface area contributed by atoms with Crippen LogP contribution in [-0.4, -0.2) is 12.3 Å². The fourth-order valence-corrected chi connectivity index (χ4v) is 5.12. The second kappa shape index (κ2) is 3.75. The van der Waals surface area contributed by atoms with Crippen LogP contribution in [0, 0.1) is 23.2 Å². The van der Waals surface area contributed by atoms with E-state index in [-0.39, 0.29) is 0 Å². The third kappa shape index (κ3) is 1.36. The first-order valence-electron chi connectivity index (χ1n) is 7.40. The van der Waals surface area contributed by atoms with Crippen LogP contribution < -0.4 is 11.1 Å². The van der Waals surface area contributed by atoms with E-state index < -0.39 is 0 Å². The average molecular weight is 255 g/mol. The van der Waals surface area contributed by atoms with Gasteiger partial charge in [0.25, 0.3) is 0 Å². The van der Waals surface area contributed by atoms with Gasteiger partial charge in [-0.15, -0.1) is 0 Å². The van der Waals surface area contributed by atoms with Crippen molar-refractivity contribution in [2.45, 2.75) is 38.1 Å². The summed E-state index contributed by atoms with van der Waals surface area (Å²) >= 11 is 0. The lowest BCUT2D eigenvalue weighted by molar-refractivity contribution is 0.254. The summed E-state index contributed by atoms with van der Waals surface area (Å²) in [7, 11) is 0. The molecule has 0 amide bonds. The Morgan fingerprint density at radius 1 is 1.32 bits per heavy atom. The van der Waals surface area contributed by atoms with E-state index in [0.29, 0.717) is 12.0 Å². The third-order valence-electron chi connectivity index (χ3n) is 5.74. The molecule has 1 aliphatic heterocycles. The molecular weight excluding hydrogens is 234 g/mol. The minimum Gasteiger partial charge on any atom is -0.398 e. The summed E-state index contributed by atoms with van der Waals surface area (Å²) in [6, 6.07) is 4.60. The van der Waals surface area contributed by atoms with Gasteiger partial charge in [-0.1, -0.05) is 0 Å². The Balaban J connectivity index is 1.92. The van der Waals surface area contributed by atoms with Crippen LogP contribution in [0.15, 0.2) is 12.1 Å². The molecule has 3 heteroatoms. The SMILES string of the molecule is C[C@@H]1Nc2ccc(N)c(C=N)c2C2[C@@H]3CCC(C3)[C@H]21. The van der Waals surface area contributed by atoms with Crippen molar-refractivity contribution >= 4 is 17.6 Å². The number of hydrogen-bond acceptors (Lipinski definition) is 3. The van der Waals surface area contributed by atoms with Crippen LogP contribution in [0.5, 0.6) is 0 Å². The minimum atomic E-state index is 0.551. The molecule has 1 aromatic rings. The summed E-state index contributed by atoms with van der Waals surface area (Å²) in [5.74, 6) is 3.07. The summed E-state index contributed by atoms with van der Waals surface area (Å²) in [5.41, 5.74) is 10.4. The quantitative estimate of drug-likeness (QED) is 0.533. The first-order chi connectivity index (χ1) is 9.20. The van der Waals surface area contributed by atoms with Crippen molar-refractivity contribution in [3.63, 3.8) is 0 Å². The molecule has 0 spiro atoms. The fraction of sp³-hybridized carbons (Fsp3) is 0.562. The van der Waals surface area contributed by atoms with E-state index in [1.165, 1.54) is 36.7 Å². The van der Waals surface area contributed by atoms with Gasteiger partial charge in [-0.05, 0) is 67.6 Å². The highest BCUT2D eigenvalue weighted by atomic mass is 15.0. The zero-order valence-corrected chi connectivity index (χ0v) is 11.3. The van der Waals surface area contributed by atoms with E-state index in [9.17, 15) is 0 Å². The topological polar surface area (TPSA) is 61.9 Å². The number of anilines is 2. The predicted molar refractivity (Wildman–Crippen MR) is 78.9 cm³/mol. The van der Waals surface area contributed by atoms with Gasteiger partial charge >= 0.3 is 0 Å². The molecule has 100 valence electrons. The van der Waals surface area contributed by atoms with E-state index in [4.69, 9.17) is 11.1 Å². The Morgan fingerprint density at radius 3 is 2.89 bits per heavy atom. The van der Waals surface area contributed by atoms with Crippen LogP contribution in [0.4, 0.5) is 11.4 Å². The van der Waals surface area contributed by atoms with Crippen LogP contribution in [-0.2, 0) is 0 Å². The van der Waals surface area contributed by atoms with E-state index in [1.54, 1.807) is 0 Å². The van der Waals surface area contributed by atoms with Crippen LogP contribution in [0.3, 0.4) is 0 Å². The molecule has 2 aliphatic carbocycles. The lowest BCUT2D eigenvalue weighted by Crippen LogP contribution is -2.39. The molecule has 2 fully saturated rings. The van der Waals surface area contributed by atoms with Crippen molar-refractivity contribution in [3.05, 3.63) is 23.3 Å². The second-order valence-corrected chi connectivity index (χ2v) is 6.54. The molecule has 0 saturated heterocycles. The number of nitrogens with two attached hydrogens (primary N) is 1. The monoisotopic (exact) mass is 255 g/mol. The van der Waals surface area contributed by atoms with E-state index in [2.05, 4.69) is 18.3 Å². The summed E-state index contributed by atoms with van der Waals surface area (Å²) in [5, 5.41) is 11.4. The highest BCUT2D eigenvalue weighted by Gasteiger charge is 2.53. The Labute approximate surface area is 114 Å². The smallest absolute Gasteiger partial charge is 0.0407 e. The van der Waals surface area contributed by atoms with Gasteiger partial charge in [0.2, 0.25) is 0 Å². The molecule has 4 rings (SSSR count). The molecule has 2 bridgehead atoms. The number of nitrogens with one attached hydrogen (secondary N) is 2. The van der Waals surface area contributed by atoms with Crippen LogP contribution in [0.1, 0.15) is 43.2 Å². The van der Waals surface area contributed by atoms with Crippen molar-refractivity contribution in [3.8, 4) is 0 Å². The summed E-state index contributed by atoms with van der Waals surface area (Å²) in [4.78, 5) is 0. The van der Waals surface area contributed by atoms with E-state index in [0.717, 1.165) is 29.0 Å². The number of nitrogen functional groups attached to an aromatic ring is 1. The van der Waals surface area contributed by atoms with Crippen LogP contribution >= 0.6 is 0 Å². The summed E-state index contributed by atoms with van der Waals surface area (Å²) in [6.45, 7) is 2.32. The molecule has 4 N–H and O–H groups in total. The molecule has 0 radical (unpaired) electrons. The molecular formula is C16H21N3. The maximum absolute atomic E-state index is 7.73. The van der Waals surface area contributed by atoms with Crippen molar-refractivity contribution < 1.29 is 0 Å². The molecule has 2 unspecified atom stereocenters. The highest BCUT2D eigenvalue weighted by Crippen LogP contribution is 2.61. The van der Waals surface area contributed by atoms with Crippen molar-refractivity contribution in [1.29, 1.82) is 5.41 Å². The maximum atomic E-state index is 7.73. The Bertz CT molecular complexity index is 551. The third-order valence-corrected chi connectivity index (χ3v) is 5.74. The number of hydrogen-bond donors (Lipinski definition) is 3. The molecule has 3 nitrogen and oxygen atoms in total. The number of benzene rings is 1. The highest BCUT2D eigenvalue weighted by molar-refractivity contribution is 5.90. The maximum Gasteiger partial charge on any atom is 0.0407 e. The lowest BCUT2D eigenvalue weighted by atomic mass is 9.68. The fourth-order valence-electron chi connectivity index (χ4n) is 5.12. The molecule has 0 aromatic heterocycles. The molecule has 5 atom stereocenters. The van der Waals surface area contributed by atoms with Gasteiger partial charge in [-0.2, -0.15) is 0 Å². The van der Waals surface area contributed by atoms with E-state index in [1.807, 2.05) is 6.07 Å². The standard InChI is InChI=1S/C16H21N3/c1-8-14-9-2-3-10(6-9)15(14)16-11(7-17)12(18)4-5-13(16)19-8/h4-5,7-10,14-15,17,19H,2-3,6,18H2,1H3/t8-,9?,10+,14+,15?/m0/s1. The van der Waals surface area contributed by atoms with Crippen molar-refractivity contribution in [1.82, 2.24) is 0 Å². The number of rotatable bonds is 1. The molecule has 1 aromatic carbocycles. The first kappa shape index (κ1) is 11.3. The van der Waals surface area contributed by atoms with Gasteiger partial charge in [0.15, 0.2) is 0 Å². The zero-order chi connectivity index (χ0) is 13.1. The molecule has 2 saturated carbocycles. The average Bonchev–Trinajstić information content (AvgIpc) is 3.00. The zero-order valence-electron chi connectivity index (χ0n) is 11.3. The molecule has 3 aliphatic rings. The molecule has 1 heterocycles. The van der Waals surface area contributed by atoms with E-state index >= 15 is 0 Å². The first-order valence-corrected chi connectivity index (χ1v) is 7.40. The van der Waals surface area contributed by atoms with Gasteiger partial charge in [0, 0.05) is 29.2 Å². The largest absolute Gasteiger partial charge is 0.398 e. The van der Waals surface area contributed by atoms with Crippen LogP contribution in [0.2, 0.25) is 0 Å². The lowest BCUT2D eigenvalue weighted by Gasteiger charge is -2.42. The Kier molecular flexibility index (Phi) is 2.23. The van der Waals surface area contributed by atoms with Crippen molar-refractivity contribution in [2.24, 2.45) is 17.8 Å². The van der Waals surface area contributed by atoms with Crippen molar-refractivity contribution in [2.75, 3.05) is 11.1 Å². The van der Waals surface area contributed by atoms with Gasteiger partial charge in [-0.25, -0.2) is 0 Å². The minimum absolute atomic E-state index is 0.551. The van der Waals surface area contributed by atoms with Gasteiger partial charge in [0.05, 0.1) is 0 Å². The van der Waals surface area contributed by atoms with Gasteiger partial charge < -0.3 is 16.5 Å². The van der Waals surface area contributed by atoms with Gasteiger partial charge in [-0.3, -0.25) is 0 Å². The molecule has 19 heavy (non-hydrogen) atoms. The Morgan fingerprint density at radius 2 is 2.11 bits per heavy atom. The normalized spacial score (nSPS) is 38.5.